The molecule has 0 saturated carbocycles. The summed E-state index contributed by atoms with van der Waals surface area (Å²) < 4.78 is 0. The molecule has 0 spiro atoms. The first-order chi connectivity index (χ1) is 7.99. The Morgan fingerprint density at radius 3 is 2.47 bits per heavy atom. The molecule has 0 radical (unpaired) electrons. The Hall–Kier alpha value is -0.870. The molecule has 0 aliphatic carbocycles. The van der Waals surface area contributed by atoms with Gasteiger partial charge in [-0.05, 0) is 26.4 Å². The maximum absolute atomic E-state index is 10.8. The lowest BCUT2D eigenvalue weighted by molar-refractivity contribution is -0.141. The van der Waals surface area contributed by atoms with Crippen LogP contribution in [0.1, 0.15) is 20.3 Å². The summed E-state index contributed by atoms with van der Waals surface area (Å²) in [6.45, 7) is 13.5. The van der Waals surface area contributed by atoms with Gasteiger partial charge >= 0.3 is 5.97 Å². The molecule has 0 bridgehead atoms. The molecule has 1 aliphatic heterocycles. The number of aliphatic carboxylic acids is 1. The first kappa shape index (κ1) is 14.2. The summed E-state index contributed by atoms with van der Waals surface area (Å²) >= 11 is 0. The molecule has 1 heterocycles. The van der Waals surface area contributed by atoms with Gasteiger partial charge in [-0.15, -0.1) is 0 Å². The monoisotopic (exact) mass is 240 g/mol. The minimum Gasteiger partial charge on any atom is -0.481 e. The second-order valence-electron chi connectivity index (χ2n) is 5.13. The Labute approximate surface area is 104 Å². The number of hydrogen-bond acceptors (Lipinski definition) is 3. The molecule has 4 nitrogen and oxygen atoms in total. The Balaban J connectivity index is 2.37. The van der Waals surface area contributed by atoms with Crippen molar-refractivity contribution in [2.45, 2.75) is 20.3 Å². The fourth-order valence-electron chi connectivity index (χ4n) is 2.21. The first-order valence-electron chi connectivity index (χ1n) is 6.31. The lowest BCUT2D eigenvalue weighted by Crippen LogP contribution is -2.35. The quantitative estimate of drug-likeness (QED) is 0.735. The fraction of sp³-hybridized carbons (Fsp3) is 0.769. The van der Waals surface area contributed by atoms with Gasteiger partial charge in [-0.3, -0.25) is 9.69 Å². The lowest BCUT2D eigenvalue weighted by atomic mass is 10.1. The van der Waals surface area contributed by atoms with Crippen molar-refractivity contribution in [3.8, 4) is 0 Å². The van der Waals surface area contributed by atoms with Crippen molar-refractivity contribution in [3.05, 3.63) is 12.2 Å². The Morgan fingerprint density at radius 1 is 1.29 bits per heavy atom. The van der Waals surface area contributed by atoms with E-state index < -0.39 is 5.97 Å². The highest BCUT2D eigenvalue weighted by Crippen LogP contribution is 2.07. The highest BCUT2D eigenvalue weighted by atomic mass is 16.4. The molecule has 1 aliphatic rings. The summed E-state index contributed by atoms with van der Waals surface area (Å²) in [6.07, 6.45) is 1.11. The molecule has 1 fully saturated rings. The summed E-state index contributed by atoms with van der Waals surface area (Å²) in [6, 6.07) is 0. The molecule has 4 heteroatoms. The Morgan fingerprint density at radius 2 is 1.88 bits per heavy atom. The third kappa shape index (κ3) is 5.33. The van der Waals surface area contributed by atoms with Crippen LogP contribution in [-0.2, 0) is 4.79 Å². The Bertz CT molecular complexity index is 279. The predicted molar refractivity (Wildman–Crippen MR) is 69.1 cm³/mol. The van der Waals surface area contributed by atoms with Crippen LogP contribution in [-0.4, -0.2) is 60.1 Å². The van der Waals surface area contributed by atoms with Crippen LogP contribution in [0.3, 0.4) is 0 Å². The van der Waals surface area contributed by atoms with Gasteiger partial charge in [-0.2, -0.15) is 0 Å². The highest BCUT2D eigenvalue weighted by Gasteiger charge is 2.19. The molecule has 1 rings (SSSR count). The van der Waals surface area contributed by atoms with Crippen molar-refractivity contribution >= 4 is 5.97 Å². The largest absolute Gasteiger partial charge is 0.481 e. The van der Waals surface area contributed by atoms with Gasteiger partial charge in [0.15, 0.2) is 0 Å². The van der Waals surface area contributed by atoms with E-state index in [0.29, 0.717) is 6.54 Å². The number of carboxylic acid groups (broad SMARTS) is 1. The van der Waals surface area contributed by atoms with E-state index in [4.69, 9.17) is 5.11 Å². The van der Waals surface area contributed by atoms with E-state index in [2.05, 4.69) is 23.3 Å². The molecular formula is C13H24N2O2. The molecule has 1 atom stereocenters. The number of hydrogen-bond donors (Lipinski definition) is 1. The van der Waals surface area contributed by atoms with Crippen molar-refractivity contribution in [3.63, 3.8) is 0 Å². The minimum absolute atomic E-state index is 0.275. The van der Waals surface area contributed by atoms with Gasteiger partial charge in [0.1, 0.15) is 0 Å². The number of rotatable bonds is 5. The van der Waals surface area contributed by atoms with E-state index in [9.17, 15) is 4.79 Å². The van der Waals surface area contributed by atoms with E-state index in [1.54, 1.807) is 6.92 Å². The van der Waals surface area contributed by atoms with Crippen LogP contribution in [0.25, 0.3) is 0 Å². The second kappa shape index (κ2) is 6.77. The zero-order chi connectivity index (χ0) is 12.8. The molecule has 98 valence electrons. The SMILES string of the molecule is C=C(C)CN1CCCN(CC(C)C(=O)O)CC1. The van der Waals surface area contributed by atoms with Crippen LogP contribution in [0.2, 0.25) is 0 Å². The van der Waals surface area contributed by atoms with Gasteiger partial charge in [0.05, 0.1) is 5.92 Å². The molecule has 1 saturated heterocycles. The van der Waals surface area contributed by atoms with Crippen LogP contribution < -0.4 is 0 Å². The van der Waals surface area contributed by atoms with Crippen molar-refractivity contribution in [1.82, 2.24) is 9.80 Å². The van der Waals surface area contributed by atoms with Gasteiger partial charge in [-0.1, -0.05) is 19.1 Å². The molecule has 1 unspecified atom stereocenters. The second-order valence-corrected chi connectivity index (χ2v) is 5.13. The standard InChI is InChI=1S/C13H24N2O2/c1-11(2)9-14-5-4-6-15(8-7-14)10-12(3)13(16)17/h12H,1,4-10H2,2-3H3,(H,16,17). The zero-order valence-electron chi connectivity index (χ0n) is 11.0. The Kier molecular flexibility index (Phi) is 5.65. The maximum Gasteiger partial charge on any atom is 0.307 e. The molecule has 0 aromatic rings. The van der Waals surface area contributed by atoms with Crippen LogP contribution in [0.15, 0.2) is 12.2 Å². The van der Waals surface area contributed by atoms with E-state index >= 15 is 0 Å². The number of carboxylic acids is 1. The average molecular weight is 240 g/mol. The maximum atomic E-state index is 10.8. The van der Waals surface area contributed by atoms with Crippen LogP contribution in [0.5, 0.6) is 0 Å². The van der Waals surface area contributed by atoms with Crippen LogP contribution in [0, 0.1) is 5.92 Å². The van der Waals surface area contributed by atoms with Crippen LogP contribution in [0.4, 0.5) is 0 Å². The smallest absolute Gasteiger partial charge is 0.307 e. The van der Waals surface area contributed by atoms with Crippen LogP contribution >= 0.6 is 0 Å². The zero-order valence-corrected chi connectivity index (χ0v) is 11.0. The third-order valence-electron chi connectivity index (χ3n) is 3.13. The third-order valence-corrected chi connectivity index (χ3v) is 3.13. The van der Waals surface area contributed by atoms with Gasteiger partial charge in [0, 0.05) is 26.2 Å². The van der Waals surface area contributed by atoms with Gasteiger partial charge < -0.3 is 10.0 Å². The highest BCUT2D eigenvalue weighted by molar-refractivity contribution is 5.69. The number of carbonyl (C=O) groups is 1. The average Bonchev–Trinajstić information content (AvgIpc) is 2.43. The van der Waals surface area contributed by atoms with E-state index in [1.807, 2.05) is 0 Å². The molecule has 0 aromatic carbocycles. The summed E-state index contributed by atoms with van der Waals surface area (Å²) in [5.74, 6) is -0.976. The van der Waals surface area contributed by atoms with Gasteiger partial charge in [-0.25, -0.2) is 0 Å². The molecule has 0 amide bonds. The fourth-order valence-corrected chi connectivity index (χ4v) is 2.21. The topological polar surface area (TPSA) is 43.8 Å². The van der Waals surface area contributed by atoms with Crippen molar-refractivity contribution in [2.75, 3.05) is 39.3 Å². The molecular weight excluding hydrogens is 216 g/mol. The van der Waals surface area contributed by atoms with Crippen molar-refractivity contribution in [2.24, 2.45) is 5.92 Å². The number of nitrogens with zero attached hydrogens (tertiary/aromatic N) is 2. The molecule has 1 N–H and O–H groups in total. The van der Waals surface area contributed by atoms with E-state index in [1.165, 1.54) is 5.57 Å². The summed E-state index contributed by atoms with van der Waals surface area (Å²) in [7, 11) is 0. The van der Waals surface area contributed by atoms with Crippen molar-refractivity contribution in [1.29, 1.82) is 0 Å². The summed E-state index contributed by atoms with van der Waals surface area (Å²) in [4.78, 5) is 15.5. The normalized spacial score (nSPS) is 20.8. The minimum atomic E-state index is -0.701. The van der Waals surface area contributed by atoms with E-state index in [0.717, 1.165) is 39.1 Å². The first-order valence-corrected chi connectivity index (χ1v) is 6.31. The summed E-state index contributed by atoms with van der Waals surface area (Å²) in [5.41, 5.74) is 1.19. The van der Waals surface area contributed by atoms with Gasteiger partial charge in [0.2, 0.25) is 0 Å². The molecule has 17 heavy (non-hydrogen) atoms. The van der Waals surface area contributed by atoms with E-state index in [-0.39, 0.29) is 5.92 Å². The van der Waals surface area contributed by atoms with Crippen molar-refractivity contribution < 1.29 is 9.90 Å². The lowest BCUT2D eigenvalue weighted by Gasteiger charge is -2.23. The van der Waals surface area contributed by atoms with Gasteiger partial charge in [0.25, 0.3) is 0 Å². The predicted octanol–water partition coefficient (Wildman–Crippen LogP) is 1.29. The summed E-state index contributed by atoms with van der Waals surface area (Å²) in [5, 5.41) is 8.91. The molecule has 0 aromatic heterocycles.